The molecule has 3 aromatic rings. The molecule has 2 aromatic heterocycles. The highest BCUT2D eigenvalue weighted by Crippen LogP contribution is 2.24. The van der Waals surface area contributed by atoms with Crippen LogP contribution >= 0.6 is 22.7 Å². The van der Waals surface area contributed by atoms with Crippen molar-refractivity contribution in [2.45, 2.75) is 38.1 Å². The van der Waals surface area contributed by atoms with Gasteiger partial charge in [-0.3, -0.25) is 15.1 Å². The largest absolute Gasteiger partial charge is 0.269 e. The van der Waals surface area contributed by atoms with Crippen molar-refractivity contribution < 1.29 is 4.92 Å². The van der Waals surface area contributed by atoms with Crippen LogP contribution in [0.5, 0.6) is 0 Å². The average Bonchev–Trinajstić information content (AvgIpc) is 3.37. The Balaban J connectivity index is 1.74. The average molecular weight is 413 g/mol. The van der Waals surface area contributed by atoms with Crippen LogP contribution in [0.2, 0.25) is 0 Å². The highest BCUT2D eigenvalue weighted by atomic mass is 32.1. The molecule has 2 heterocycles. The van der Waals surface area contributed by atoms with Gasteiger partial charge in [0.25, 0.3) is 5.69 Å². The molecule has 0 radical (unpaired) electrons. The maximum atomic E-state index is 10.9. The van der Waals surface area contributed by atoms with E-state index in [9.17, 15) is 10.1 Å². The summed E-state index contributed by atoms with van der Waals surface area (Å²) in [5.41, 5.74) is 2.90. The molecule has 6 nitrogen and oxygen atoms in total. The van der Waals surface area contributed by atoms with E-state index in [2.05, 4.69) is 5.10 Å². The molecule has 0 atom stereocenters. The van der Waals surface area contributed by atoms with Gasteiger partial charge in [-0.1, -0.05) is 19.3 Å². The van der Waals surface area contributed by atoms with Crippen LogP contribution in [0.25, 0.3) is 11.3 Å². The van der Waals surface area contributed by atoms with Crippen LogP contribution in [0, 0.1) is 10.1 Å². The normalized spacial score (nSPS) is 16.1. The number of rotatable bonds is 5. The first-order chi connectivity index (χ1) is 13.7. The molecule has 1 aliphatic rings. The third-order valence-electron chi connectivity index (χ3n) is 4.79. The highest BCUT2D eigenvalue weighted by molar-refractivity contribution is 7.08. The molecule has 1 aromatic carbocycles. The van der Waals surface area contributed by atoms with E-state index >= 15 is 0 Å². The number of benzene rings is 1. The molecule has 1 saturated carbocycles. The molecule has 28 heavy (non-hydrogen) atoms. The summed E-state index contributed by atoms with van der Waals surface area (Å²) in [6, 6.07) is 8.95. The van der Waals surface area contributed by atoms with Gasteiger partial charge in [0.2, 0.25) is 4.80 Å². The second-order valence-corrected chi connectivity index (χ2v) is 8.36. The van der Waals surface area contributed by atoms with E-state index in [4.69, 9.17) is 4.99 Å². The summed E-state index contributed by atoms with van der Waals surface area (Å²) >= 11 is 3.19. The van der Waals surface area contributed by atoms with Crippen LogP contribution in [0.15, 0.2) is 56.6 Å². The van der Waals surface area contributed by atoms with Crippen molar-refractivity contribution in [3.8, 4) is 11.3 Å². The molecule has 0 aliphatic heterocycles. The summed E-state index contributed by atoms with van der Waals surface area (Å²) in [7, 11) is 0. The van der Waals surface area contributed by atoms with Crippen molar-refractivity contribution >= 4 is 34.6 Å². The summed E-state index contributed by atoms with van der Waals surface area (Å²) in [4.78, 5) is 16.4. The SMILES string of the molecule is O=[N+]([O-])c1ccc(-c2csc(=NC3CCCCC3)n2N=Cc2ccsc2)cc1. The Hall–Kier alpha value is -2.58. The van der Waals surface area contributed by atoms with E-state index in [-0.39, 0.29) is 10.6 Å². The van der Waals surface area contributed by atoms with E-state index < -0.39 is 0 Å². The van der Waals surface area contributed by atoms with E-state index in [0.717, 1.165) is 34.5 Å². The minimum Gasteiger partial charge on any atom is -0.258 e. The summed E-state index contributed by atoms with van der Waals surface area (Å²) in [6.45, 7) is 0. The third-order valence-corrected chi connectivity index (χ3v) is 6.32. The van der Waals surface area contributed by atoms with E-state index in [1.54, 1.807) is 34.8 Å². The fourth-order valence-electron chi connectivity index (χ4n) is 3.29. The number of nitrogens with zero attached hydrogens (tertiary/aromatic N) is 4. The van der Waals surface area contributed by atoms with Gasteiger partial charge in [0.05, 0.1) is 22.9 Å². The Bertz CT molecular complexity index is 1030. The molecule has 0 amide bonds. The second kappa shape index (κ2) is 8.62. The first-order valence-corrected chi connectivity index (χ1v) is 11.1. The first-order valence-electron chi connectivity index (χ1n) is 9.26. The van der Waals surface area contributed by atoms with Gasteiger partial charge in [0, 0.05) is 28.6 Å². The minimum absolute atomic E-state index is 0.0828. The molecule has 0 unspecified atom stereocenters. The number of hydrogen-bond acceptors (Lipinski definition) is 6. The predicted octanol–water partition coefficient (Wildman–Crippen LogP) is 5.30. The minimum atomic E-state index is -0.385. The lowest BCUT2D eigenvalue weighted by Gasteiger charge is -2.16. The molecule has 8 heteroatoms. The first kappa shape index (κ1) is 18.8. The van der Waals surface area contributed by atoms with Crippen LogP contribution in [0.1, 0.15) is 37.7 Å². The molecular formula is C20H20N4O2S2. The van der Waals surface area contributed by atoms with E-state index in [1.165, 1.54) is 31.4 Å². The Morgan fingerprint density at radius 1 is 1.11 bits per heavy atom. The number of nitro groups is 1. The van der Waals surface area contributed by atoms with Crippen molar-refractivity contribution in [2.75, 3.05) is 0 Å². The lowest BCUT2D eigenvalue weighted by atomic mass is 9.96. The van der Waals surface area contributed by atoms with Crippen molar-refractivity contribution in [3.63, 3.8) is 0 Å². The maximum absolute atomic E-state index is 10.9. The zero-order valence-electron chi connectivity index (χ0n) is 15.2. The van der Waals surface area contributed by atoms with Crippen LogP contribution in [0.3, 0.4) is 0 Å². The number of non-ortho nitro benzene ring substituents is 1. The lowest BCUT2D eigenvalue weighted by Crippen LogP contribution is -2.18. The Kier molecular flexibility index (Phi) is 5.78. The van der Waals surface area contributed by atoms with Crippen molar-refractivity contribution in [1.82, 2.24) is 4.68 Å². The molecule has 144 valence electrons. The Morgan fingerprint density at radius 3 is 2.57 bits per heavy atom. The van der Waals surface area contributed by atoms with E-state index in [1.807, 2.05) is 33.1 Å². The Morgan fingerprint density at radius 2 is 1.89 bits per heavy atom. The standard InChI is InChI=1S/C20H20N4O2S2/c25-24(26)18-8-6-16(7-9-18)19-14-28-20(22-17-4-2-1-3-5-17)23(19)21-12-15-10-11-27-13-15/h6-14,17H,1-5H2. The third kappa shape index (κ3) is 4.28. The summed E-state index contributed by atoms with van der Waals surface area (Å²) in [5.74, 6) is 0. The quantitative estimate of drug-likeness (QED) is 0.324. The van der Waals surface area contributed by atoms with Gasteiger partial charge in [-0.05, 0) is 41.8 Å². The highest BCUT2D eigenvalue weighted by Gasteiger charge is 2.14. The number of thiophene rings is 1. The molecule has 1 aliphatic carbocycles. The van der Waals surface area contributed by atoms with Crippen molar-refractivity contribution in [1.29, 1.82) is 0 Å². The number of hydrogen-bond donors (Lipinski definition) is 0. The number of aromatic nitrogens is 1. The number of nitro benzene ring substituents is 1. The van der Waals surface area contributed by atoms with Gasteiger partial charge in [0.1, 0.15) is 0 Å². The molecule has 0 saturated heterocycles. The molecular weight excluding hydrogens is 392 g/mol. The summed E-state index contributed by atoms with van der Waals surface area (Å²) in [6.07, 6.45) is 7.83. The van der Waals surface area contributed by atoms with Gasteiger partial charge in [-0.15, -0.1) is 11.3 Å². The fourth-order valence-corrected chi connectivity index (χ4v) is 4.81. The van der Waals surface area contributed by atoms with Crippen LogP contribution in [-0.4, -0.2) is 21.9 Å². The zero-order chi connectivity index (χ0) is 19.3. The summed E-state index contributed by atoms with van der Waals surface area (Å²) in [5, 5.41) is 21.7. The molecule has 0 bridgehead atoms. The Labute approximate surface area is 170 Å². The van der Waals surface area contributed by atoms with Gasteiger partial charge in [-0.2, -0.15) is 16.4 Å². The van der Waals surface area contributed by atoms with Crippen LogP contribution < -0.4 is 4.80 Å². The van der Waals surface area contributed by atoms with Crippen LogP contribution in [0.4, 0.5) is 5.69 Å². The van der Waals surface area contributed by atoms with Gasteiger partial charge >= 0.3 is 0 Å². The second-order valence-electron chi connectivity index (χ2n) is 6.74. The molecule has 4 rings (SSSR count). The lowest BCUT2D eigenvalue weighted by molar-refractivity contribution is -0.384. The molecule has 0 spiro atoms. The van der Waals surface area contributed by atoms with E-state index in [0.29, 0.717) is 6.04 Å². The smallest absolute Gasteiger partial charge is 0.258 e. The maximum Gasteiger partial charge on any atom is 0.269 e. The van der Waals surface area contributed by atoms with Crippen molar-refractivity contribution in [2.24, 2.45) is 10.1 Å². The predicted molar refractivity (Wildman–Crippen MR) is 114 cm³/mol. The van der Waals surface area contributed by atoms with Crippen molar-refractivity contribution in [3.05, 3.63) is 67.0 Å². The van der Waals surface area contributed by atoms with Crippen LogP contribution in [-0.2, 0) is 0 Å². The van der Waals surface area contributed by atoms with Gasteiger partial charge in [0.15, 0.2) is 0 Å². The summed E-state index contributed by atoms with van der Waals surface area (Å²) < 4.78 is 1.86. The topological polar surface area (TPSA) is 72.8 Å². The zero-order valence-corrected chi connectivity index (χ0v) is 16.9. The fraction of sp³-hybridized carbons (Fsp3) is 0.300. The van der Waals surface area contributed by atoms with Gasteiger partial charge in [-0.25, -0.2) is 4.68 Å². The monoisotopic (exact) mass is 412 g/mol. The van der Waals surface area contributed by atoms with Gasteiger partial charge < -0.3 is 0 Å². The molecule has 1 fully saturated rings. The number of thiazole rings is 1. The molecule has 0 N–H and O–H groups in total.